The van der Waals surface area contributed by atoms with Gasteiger partial charge in [-0.25, -0.2) is 0 Å². The summed E-state index contributed by atoms with van der Waals surface area (Å²) in [5, 5.41) is 4.25. The van der Waals surface area contributed by atoms with Gasteiger partial charge in [0.1, 0.15) is 5.75 Å². The summed E-state index contributed by atoms with van der Waals surface area (Å²) in [6.45, 7) is 2.92. The molecule has 27 heavy (non-hydrogen) atoms. The zero-order valence-corrected chi connectivity index (χ0v) is 16.0. The second-order valence-electron chi connectivity index (χ2n) is 7.54. The number of carbonyl (C=O) groups excluding carboxylic acids is 1. The molecule has 1 heterocycles. The maximum Gasteiger partial charge on any atom is 0.251 e. The van der Waals surface area contributed by atoms with Crippen molar-refractivity contribution >= 4 is 16.8 Å². The van der Waals surface area contributed by atoms with Crippen molar-refractivity contribution in [1.82, 2.24) is 10.3 Å². The normalized spacial score (nSPS) is 16.1. The summed E-state index contributed by atoms with van der Waals surface area (Å²) in [7, 11) is 1.66. The van der Waals surface area contributed by atoms with Crippen LogP contribution in [-0.4, -0.2) is 24.5 Å². The lowest BCUT2D eigenvalue weighted by Crippen LogP contribution is -2.25. The standard InChI is InChI=1S/C23H26N2O2/c1-15-3-9-21-19(13-15)20-14-17(6-10-22(20)25-21)23(26)24-12-11-16-4-7-18(27-2)8-5-16/h4-8,10,14-15,25H,3,9,11-13H2,1-2H3,(H,24,26)/t15-/m1/s1. The summed E-state index contributed by atoms with van der Waals surface area (Å²) >= 11 is 0. The zero-order valence-electron chi connectivity index (χ0n) is 16.0. The van der Waals surface area contributed by atoms with Gasteiger partial charge in [0.05, 0.1) is 7.11 Å². The summed E-state index contributed by atoms with van der Waals surface area (Å²) in [6, 6.07) is 14.0. The van der Waals surface area contributed by atoms with Crippen LogP contribution in [0.25, 0.3) is 10.9 Å². The van der Waals surface area contributed by atoms with Crippen LogP contribution in [0.15, 0.2) is 42.5 Å². The molecule has 0 saturated heterocycles. The van der Waals surface area contributed by atoms with Crippen molar-refractivity contribution in [2.75, 3.05) is 13.7 Å². The third-order valence-corrected chi connectivity index (χ3v) is 5.55. The van der Waals surface area contributed by atoms with Crippen LogP contribution < -0.4 is 10.1 Å². The average Bonchev–Trinajstić information content (AvgIpc) is 3.05. The smallest absolute Gasteiger partial charge is 0.251 e. The Morgan fingerprint density at radius 1 is 1.22 bits per heavy atom. The Labute approximate surface area is 159 Å². The number of rotatable bonds is 5. The minimum atomic E-state index is -0.00998. The third-order valence-electron chi connectivity index (χ3n) is 5.55. The maximum absolute atomic E-state index is 12.6. The van der Waals surface area contributed by atoms with Crippen LogP contribution in [0, 0.1) is 5.92 Å². The zero-order chi connectivity index (χ0) is 18.8. The predicted molar refractivity (Wildman–Crippen MR) is 109 cm³/mol. The van der Waals surface area contributed by atoms with Gasteiger partial charge < -0.3 is 15.0 Å². The first kappa shape index (κ1) is 17.7. The molecule has 2 N–H and O–H groups in total. The topological polar surface area (TPSA) is 54.1 Å². The van der Waals surface area contributed by atoms with E-state index in [4.69, 9.17) is 4.74 Å². The number of benzene rings is 2. The van der Waals surface area contributed by atoms with Crippen molar-refractivity contribution in [1.29, 1.82) is 0 Å². The summed E-state index contributed by atoms with van der Waals surface area (Å²) in [4.78, 5) is 16.1. The molecule has 4 heteroatoms. The van der Waals surface area contributed by atoms with Crippen LogP contribution >= 0.6 is 0 Å². The average molecular weight is 362 g/mol. The molecule has 0 fully saturated rings. The number of fused-ring (bicyclic) bond motifs is 3. The number of aromatic nitrogens is 1. The minimum Gasteiger partial charge on any atom is -0.497 e. The highest BCUT2D eigenvalue weighted by Crippen LogP contribution is 2.32. The summed E-state index contributed by atoms with van der Waals surface area (Å²) in [6.07, 6.45) is 4.24. The summed E-state index contributed by atoms with van der Waals surface area (Å²) in [5.41, 5.74) is 5.80. The van der Waals surface area contributed by atoms with Gasteiger partial charge in [-0.2, -0.15) is 0 Å². The number of amides is 1. The van der Waals surface area contributed by atoms with E-state index in [0.717, 1.165) is 36.1 Å². The number of methoxy groups -OCH3 is 1. The van der Waals surface area contributed by atoms with Crippen LogP contribution in [0.5, 0.6) is 5.75 Å². The maximum atomic E-state index is 12.6. The molecule has 4 rings (SSSR count). The molecule has 0 aliphatic heterocycles. The number of hydrogen-bond acceptors (Lipinski definition) is 2. The van der Waals surface area contributed by atoms with E-state index in [1.54, 1.807) is 7.11 Å². The van der Waals surface area contributed by atoms with Gasteiger partial charge >= 0.3 is 0 Å². The number of aryl methyl sites for hydroxylation is 1. The molecule has 1 amide bonds. The van der Waals surface area contributed by atoms with E-state index in [9.17, 15) is 4.79 Å². The van der Waals surface area contributed by atoms with Gasteiger partial charge in [-0.3, -0.25) is 4.79 Å². The molecule has 1 aliphatic carbocycles. The lowest BCUT2D eigenvalue weighted by Gasteiger charge is -2.18. The number of aromatic amines is 1. The van der Waals surface area contributed by atoms with E-state index in [-0.39, 0.29) is 5.91 Å². The molecular formula is C23H26N2O2. The molecule has 3 aromatic rings. The van der Waals surface area contributed by atoms with Crippen LogP contribution in [0.1, 0.15) is 40.5 Å². The van der Waals surface area contributed by atoms with Crippen molar-refractivity contribution in [3.8, 4) is 5.75 Å². The highest BCUT2D eigenvalue weighted by atomic mass is 16.5. The molecule has 0 saturated carbocycles. The Morgan fingerprint density at radius 2 is 2.04 bits per heavy atom. The van der Waals surface area contributed by atoms with E-state index in [0.29, 0.717) is 12.5 Å². The number of carbonyl (C=O) groups is 1. The fourth-order valence-electron chi connectivity index (χ4n) is 3.95. The molecular weight excluding hydrogens is 336 g/mol. The van der Waals surface area contributed by atoms with E-state index in [1.165, 1.54) is 28.6 Å². The second-order valence-corrected chi connectivity index (χ2v) is 7.54. The molecule has 1 aliphatic rings. The van der Waals surface area contributed by atoms with Crippen LogP contribution in [-0.2, 0) is 19.3 Å². The Balaban J connectivity index is 1.43. The first-order valence-corrected chi connectivity index (χ1v) is 9.68. The van der Waals surface area contributed by atoms with Gasteiger partial charge in [0, 0.05) is 28.7 Å². The highest BCUT2D eigenvalue weighted by Gasteiger charge is 2.20. The molecule has 1 aromatic heterocycles. The monoisotopic (exact) mass is 362 g/mol. The Hall–Kier alpha value is -2.75. The summed E-state index contributed by atoms with van der Waals surface area (Å²) in [5.74, 6) is 1.54. The first-order chi connectivity index (χ1) is 13.1. The Bertz CT molecular complexity index is 956. The summed E-state index contributed by atoms with van der Waals surface area (Å²) < 4.78 is 5.17. The van der Waals surface area contributed by atoms with Crippen molar-refractivity contribution < 1.29 is 9.53 Å². The molecule has 1 atom stereocenters. The van der Waals surface area contributed by atoms with E-state index < -0.39 is 0 Å². The predicted octanol–water partition coefficient (Wildman–Crippen LogP) is 4.27. The Kier molecular flexibility index (Phi) is 4.88. The van der Waals surface area contributed by atoms with Gasteiger partial charge in [0.25, 0.3) is 5.91 Å². The van der Waals surface area contributed by atoms with Crippen LogP contribution in [0.2, 0.25) is 0 Å². The van der Waals surface area contributed by atoms with Crippen LogP contribution in [0.4, 0.5) is 0 Å². The van der Waals surface area contributed by atoms with Gasteiger partial charge in [-0.15, -0.1) is 0 Å². The molecule has 0 spiro atoms. The van der Waals surface area contributed by atoms with Gasteiger partial charge in [0.2, 0.25) is 0 Å². The number of H-pyrrole nitrogens is 1. The van der Waals surface area contributed by atoms with Gasteiger partial charge in [-0.05, 0) is 73.1 Å². The van der Waals surface area contributed by atoms with E-state index in [2.05, 4.69) is 17.2 Å². The minimum absolute atomic E-state index is 0.00998. The van der Waals surface area contributed by atoms with E-state index >= 15 is 0 Å². The largest absolute Gasteiger partial charge is 0.497 e. The van der Waals surface area contributed by atoms with Crippen molar-refractivity contribution in [2.24, 2.45) is 5.92 Å². The third kappa shape index (κ3) is 3.70. The van der Waals surface area contributed by atoms with E-state index in [1.807, 2.05) is 42.5 Å². The fraction of sp³-hybridized carbons (Fsp3) is 0.348. The SMILES string of the molecule is COc1ccc(CCNC(=O)c2ccc3[nH]c4c(c3c2)C[C@H](C)CC4)cc1. The van der Waals surface area contributed by atoms with Crippen molar-refractivity contribution in [3.05, 3.63) is 64.8 Å². The molecule has 0 unspecified atom stereocenters. The van der Waals surface area contributed by atoms with Crippen LogP contribution in [0.3, 0.4) is 0 Å². The molecule has 0 radical (unpaired) electrons. The highest BCUT2D eigenvalue weighted by molar-refractivity contribution is 5.99. The Morgan fingerprint density at radius 3 is 2.81 bits per heavy atom. The van der Waals surface area contributed by atoms with Gasteiger partial charge in [0.15, 0.2) is 0 Å². The quantitative estimate of drug-likeness (QED) is 0.712. The molecule has 2 aromatic carbocycles. The number of ether oxygens (including phenoxy) is 1. The number of hydrogen-bond donors (Lipinski definition) is 2. The number of nitrogens with one attached hydrogen (secondary N) is 2. The second kappa shape index (κ2) is 7.47. The lowest BCUT2D eigenvalue weighted by atomic mass is 9.87. The van der Waals surface area contributed by atoms with Crippen molar-refractivity contribution in [3.63, 3.8) is 0 Å². The van der Waals surface area contributed by atoms with Gasteiger partial charge in [-0.1, -0.05) is 19.1 Å². The molecule has 0 bridgehead atoms. The molecule has 140 valence electrons. The fourth-order valence-corrected chi connectivity index (χ4v) is 3.95. The molecule has 4 nitrogen and oxygen atoms in total. The lowest BCUT2D eigenvalue weighted by molar-refractivity contribution is 0.0954. The first-order valence-electron chi connectivity index (χ1n) is 9.68. The van der Waals surface area contributed by atoms with Crippen molar-refractivity contribution in [2.45, 2.75) is 32.6 Å².